The highest BCUT2D eigenvalue weighted by Gasteiger charge is 2.15. The van der Waals surface area contributed by atoms with Gasteiger partial charge in [0.2, 0.25) is 0 Å². The van der Waals surface area contributed by atoms with Crippen molar-refractivity contribution in [1.29, 1.82) is 0 Å². The molecule has 0 fully saturated rings. The highest BCUT2D eigenvalue weighted by molar-refractivity contribution is 5.77. The number of fused-ring (bicyclic) bond motifs is 1. The number of amides is 1. The minimum absolute atomic E-state index is 0.0250. The summed E-state index contributed by atoms with van der Waals surface area (Å²) in [7, 11) is 0. The third kappa shape index (κ3) is 5.25. The van der Waals surface area contributed by atoms with E-state index in [0.29, 0.717) is 5.75 Å². The summed E-state index contributed by atoms with van der Waals surface area (Å²) in [5.41, 5.74) is 3.82. The minimum Gasteiger partial charge on any atom is -0.493 e. The van der Waals surface area contributed by atoms with Crippen LogP contribution in [-0.2, 0) is 23.1 Å². The van der Waals surface area contributed by atoms with Gasteiger partial charge in [-0.2, -0.15) is 0 Å². The highest BCUT2D eigenvalue weighted by Crippen LogP contribution is 2.26. The summed E-state index contributed by atoms with van der Waals surface area (Å²) < 4.78 is 11.2. The summed E-state index contributed by atoms with van der Waals surface area (Å²) in [4.78, 5) is 12.2. The standard InChI is InChI=1S/C23H29NO3/c1-16(13-17-5-10-21-18(14-17)11-12-26-21)24-22(25)15-27-20-8-6-19(7-9-20)23(2,3)4/h5-10,14,16H,11-13,15H2,1-4H3,(H,24,25). The number of hydrogen-bond donors (Lipinski definition) is 1. The van der Waals surface area contributed by atoms with Crippen molar-refractivity contribution in [1.82, 2.24) is 5.32 Å². The van der Waals surface area contributed by atoms with Crippen molar-refractivity contribution >= 4 is 5.91 Å². The Morgan fingerprint density at radius 1 is 1.19 bits per heavy atom. The van der Waals surface area contributed by atoms with E-state index >= 15 is 0 Å². The smallest absolute Gasteiger partial charge is 0.258 e. The first-order chi connectivity index (χ1) is 12.8. The van der Waals surface area contributed by atoms with Crippen molar-refractivity contribution in [3.63, 3.8) is 0 Å². The second-order valence-corrected chi connectivity index (χ2v) is 8.28. The molecule has 1 aliphatic rings. The SMILES string of the molecule is CC(Cc1ccc2c(c1)CCO2)NC(=O)COc1ccc(C(C)(C)C)cc1. The van der Waals surface area contributed by atoms with Crippen LogP contribution >= 0.6 is 0 Å². The molecule has 0 radical (unpaired) electrons. The maximum atomic E-state index is 12.2. The summed E-state index contributed by atoms with van der Waals surface area (Å²) in [5.74, 6) is 1.60. The van der Waals surface area contributed by atoms with Crippen LogP contribution in [0.3, 0.4) is 0 Å². The molecule has 0 aromatic heterocycles. The third-order valence-electron chi connectivity index (χ3n) is 4.79. The molecule has 1 atom stereocenters. The summed E-state index contributed by atoms with van der Waals surface area (Å²) in [5, 5.41) is 3.01. The number of benzene rings is 2. The van der Waals surface area contributed by atoms with Crippen molar-refractivity contribution < 1.29 is 14.3 Å². The zero-order chi connectivity index (χ0) is 19.4. The predicted molar refractivity (Wildman–Crippen MR) is 108 cm³/mol. The van der Waals surface area contributed by atoms with Crippen LogP contribution in [-0.4, -0.2) is 25.2 Å². The fourth-order valence-corrected chi connectivity index (χ4v) is 3.29. The van der Waals surface area contributed by atoms with E-state index in [1.165, 1.54) is 16.7 Å². The van der Waals surface area contributed by atoms with Gasteiger partial charge in [0.25, 0.3) is 5.91 Å². The maximum Gasteiger partial charge on any atom is 0.258 e. The fourth-order valence-electron chi connectivity index (χ4n) is 3.29. The number of rotatable bonds is 6. The average Bonchev–Trinajstić information content (AvgIpc) is 3.07. The molecular formula is C23H29NO3. The first-order valence-electron chi connectivity index (χ1n) is 9.58. The first-order valence-corrected chi connectivity index (χ1v) is 9.58. The van der Waals surface area contributed by atoms with Gasteiger partial charge in [0.1, 0.15) is 11.5 Å². The molecule has 4 heteroatoms. The number of carbonyl (C=O) groups is 1. The molecule has 1 N–H and O–H groups in total. The Bertz CT molecular complexity index is 790. The van der Waals surface area contributed by atoms with Crippen LogP contribution in [0.1, 0.15) is 44.4 Å². The van der Waals surface area contributed by atoms with Gasteiger partial charge in [0.15, 0.2) is 6.61 Å². The molecule has 27 heavy (non-hydrogen) atoms. The van der Waals surface area contributed by atoms with Crippen LogP contribution in [0.25, 0.3) is 0 Å². The lowest BCUT2D eigenvalue weighted by molar-refractivity contribution is -0.123. The quantitative estimate of drug-likeness (QED) is 0.838. The van der Waals surface area contributed by atoms with E-state index in [1.807, 2.05) is 37.3 Å². The van der Waals surface area contributed by atoms with Crippen LogP contribution in [0, 0.1) is 0 Å². The van der Waals surface area contributed by atoms with Crippen LogP contribution in [0.2, 0.25) is 0 Å². The molecule has 4 nitrogen and oxygen atoms in total. The molecule has 0 aliphatic carbocycles. The van der Waals surface area contributed by atoms with E-state index < -0.39 is 0 Å². The normalized spacial score (nSPS) is 14.2. The second-order valence-electron chi connectivity index (χ2n) is 8.28. The van der Waals surface area contributed by atoms with Gasteiger partial charge in [0, 0.05) is 12.5 Å². The molecule has 0 spiro atoms. The topological polar surface area (TPSA) is 47.6 Å². The van der Waals surface area contributed by atoms with Gasteiger partial charge >= 0.3 is 0 Å². The van der Waals surface area contributed by atoms with E-state index in [0.717, 1.165) is 25.2 Å². The van der Waals surface area contributed by atoms with Crippen molar-refractivity contribution in [3.05, 3.63) is 59.2 Å². The predicted octanol–water partition coefficient (Wildman–Crippen LogP) is 4.05. The van der Waals surface area contributed by atoms with E-state index in [9.17, 15) is 4.79 Å². The van der Waals surface area contributed by atoms with E-state index in [1.54, 1.807) is 0 Å². The lowest BCUT2D eigenvalue weighted by atomic mass is 9.87. The third-order valence-corrected chi connectivity index (χ3v) is 4.79. The van der Waals surface area contributed by atoms with Gasteiger partial charge < -0.3 is 14.8 Å². The van der Waals surface area contributed by atoms with Crippen LogP contribution in [0.5, 0.6) is 11.5 Å². The van der Waals surface area contributed by atoms with Crippen molar-refractivity contribution in [2.45, 2.75) is 52.0 Å². The first kappa shape index (κ1) is 19.3. The summed E-state index contributed by atoms with van der Waals surface area (Å²) in [6, 6.07) is 14.3. The Hall–Kier alpha value is -2.49. The number of hydrogen-bond acceptors (Lipinski definition) is 3. The van der Waals surface area contributed by atoms with Gasteiger partial charge in [-0.25, -0.2) is 0 Å². The van der Waals surface area contributed by atoms with Crippen LogP contribution in [0.4, 0.5) is 0 Å². The molecule has 0 saturated heterocycles. The number of nitrogens with one attached hydrogen (secondary N) is 1. The summed E-state index contributed by atoms with van der Waals surface area (Å²) >= 11 is 0. The average molecular weight is 367 g/mol. The minimum atomic E-state index is -0.105. The van der Waals surface area contributed by atoms with Crippen molar-refractivity contribution in [3.8, 4) is 11.5 Å². The van der Waals surface area contributed by atoms with E-state index in [2.05, 4.69) is 38.2 Å². The zero-order valence-corrected chi connectivity index (χ0v) is 16.7. The number of carbonyl (C=O) groups excluding carboxylic acids is 1. The van der Waals surface area contributed by atoms with Crippen molar-refractivity contribution in [2.75, 3.05) is 13.2 Å². The monoisotopic (exact) mass is 367 g/mol. The van der Waals surface area contributed by atoms with E-state index in [-0.39, 0.29) is 24.0 Å². The molecule has 1 unspecified atom stereocenters. The lowest BCUT2D eigenvalue weighted by Gasteiger charge is -2.19. The molecular weight excluding hydrogens is 338 g/mol. The Labute approximate surface area is 161 Å². The molecule has 3 rings (SSSR count). The summed E-state index contributed by atoms with van der Waals surface area (Å²) in [6.45, 7) is 9.32. The van der Waals surface area contributed by atoms with Gasteiger partial charge in [-0.05, 0) is 53.6 Å². The van der Waals surface area contributed by atoms with Gasteiger partial charge in [-0.1, -0.05) is 45.0 Å². The maximum absolute atomic E-state index is 12.2. The fraction of sp³-hybridized carbons (Fsp3) is 0.435. The Balaban J connectivity index is 1.46. The molecule has 2 aromatic carbocycles. The molecule has 1 aliphatic heterocycles. The van der Waals surface area contributed by atoms with E-state index in [4.69, 9.17) is 9.47 Å². The Morgan fingerprint density at radius 2 is 1.93 bits per heavy atom. The lowest BCUT2D eigenvalue weighted by Crippen LogP contribution is -2.37. The largest absolute Gasteiger partial charge is 0.493 e. The summed E-state index contributed by atoms with van der Waals surface area (Å²) in [6.07, 6.45) is 1.76. The van der Waals surface area contributed by atoms with Crippen LogP contribution in [0.15, 0.2) is 42.5 Å². The Kier molecular flexibility index (Phi) is 5.73. The zero-order valence-electron chi connectivity index (χ0n) is 16.7. The van der Waals surface area contributed by atoms with Gasteiger partial charge in [-0.3, -0.25) is 4.79 Å². The van der Waals surface area contributed by atoms with Crippen molar-refractivity contribution in [2.24, 2.45) is 0 Å². The second kappa shape index (κ2) is 8.03. The number of ether oxygens (including phenoxy) is 2. The molecule has 1 heterocycles. The Morgan fingerprint density at radius 3 is 2.63 bits per heavy atom. The van der Waals surface area contributed by atoms with Crippen LogP contribution < -0.4 is 14.8 Å². The molecule has 1 amide bonds. The van der Waals surface area contributed by atoms with Gasteiger partial charge in [-0.15, -0.1) is 0 Å². The van der Waals surface area contributed by atoms with Gasteiger partial charge in [0.05, 0.1) is 6.61 Å². The molecule has 2 aromatic rings. The molecule has 0 bridgehead atoms. The molecule has 144 valence electrons. The molecule has 0 saturated carbocycles. The highest BCUT2D eigenvalue weighted by atomic mass is 16.5.